The van der Waals surface area contributed by atoms with Gasteiger partial charge in [0.2, 0.25) is 0 Å². The zero-order valence-electron chi connectivity index (χ0n) is 10.3. The molecule has 0 radical (unpaired) electrons. The number of ether oxygens (including phenoxy) is 1. The second-order valence-electron chi connectivity index (χ2n) is 4.77. The summed E-state index contributed by atoms with van der Waals surface area (Å²) in [5.74, 6) is -1.85. The molecule has 0 aliphatic heterocycles. The van der Waals surface area contributed by atoms with Gasteiger partial charge in [-0.15, -0.1) is 0 Å². The molecule has 0 spiro atoms. The molecule has 0 aliphatic carbocycles. The van der Waals surface area contributed by atoms with Gasteiger partial charge in [0.1, 0.15) is 5.60 Å². The van der Waals surface area contributed by atoms with Crippen molar-refractivity contribution in [2.24, 2.45) is 5.92 Å². The van der Waals surface area contributed by atoms with E-state index in [1.165, 1.54) is 0 Å². The molecule has 0 aliphatic rings. The van der Waals surface area contributed by atoms with Crippen molar-refractivity contribution in [1.82, 2.24) is 5.32 Å². The average molecular weight is 257 g/mol. The number of carbonyl (C=O) groups excluding carboxylic acids is 1. The standard InChI is InChI=1S/C10H18F3NO3/c1-6(10(11,12)13)7(5-15)14-8(16)17-9(2,3)4/h6-7,15H,5H2,1-4H3,(H,14,16)/t6-,7+/m1/s1. The van der Waals surface area contributed by atoms with Crippen molar-refractivity contribution in [3.05, 3.63) is 0 Å². The van der Waals surface area contributed by atoms with Gasteiger partial charge in [-0.25, -0.2) is 4.79 Å². The molecular weight excluding hydrogens is 239 g/mol. The van der Waals surface area contributed by atoms with E-state index in [9.17, 15) is 18.0 Å². The molecule has 0 heterocycles. The van der Waals surface area contributed by atoms with Crippen molar-refractivity contribution >= 4 is 6.09 Å². The minimum absolute atomic E-state index is 0.800. The van der Waals surface area contributed by atoms with E-state index in [1.54, 1.807) is 20.8 Å². The first-order chi connectivity index (χ1) is 7.47. The van der Waals surface area contributed by atoms with Gasteiger partial charge in [0, 0.05) is 0 Å². The second kappa shape index (κ2) is 5.57. The molecule has 0 fully saturated rings. The van der Waals surface area contributed by atoms with Crippen molar-refractivity contribution in [3.8, 4) is 0 Å². The Hall–Kier alpha value is -0.980. The Bertz CT molecular complexity index is 261. The zero-order chi connectivity index (χ0) is 13.9. The molecule has 0 saturated carbocycles. The fraction of sp³-hybridized carbons (Fsp3) is 0.900. The lowest BCUT2D eigenvalue weighted by molar-refractivity contribution is -0.179. The maximum atomic E-state index is 12.4. The summed E-state index contributed by atoms with van der Waals surface area (Å²) in [4.78, 5) is 11.2. The largest absolute Gasteiger partial charge is 0.444 e. The minimum Gasteiger partial charge on any atom is -0.444 e. The monoisotopic (exact) mass is 257 g/mol. The average Bonchev–Trinajstić information content (AvgIpc) is 2.08. The lowest BCUT2D eigenvalue weighted by Crippen LogP contribution is -2.48. The molecule has 102 valence electrons. The van der Waals surface area contributed by atoms with Crippen LogP contribution in [-0.4, -0.2) is 35.6 Å². The van der Waals surface area contributed by atoms with Gasteiger partial charge in [-0.3, -0.25) is 0 Å². The van der Waals surface area contributed by atoms with Crippen LogP contribution in [0.1, 0.15) is 27.7 Å². The predicted octanol–water partition coefficient (Wildman–Crippen LogP) is 2.07. The van der Waals surface area contributed by atoms with Crippen LogP contribution in [0.15, 0.2) is 0 Å². The molecule has 0 saturated heterocycles. The first-order valence-electron chi connectivity index (χ1n) is 5.14. The highest BCUT2D eigenvalue weighted by atomic mass is 19.4. The third-order valence-corrected chi connectivity index (χ3v) is 2.02. The van der Waals surface area contributed by atoms with Crippen LogP contribution in [0, 0.1) is 5.92 Å². The SMILES string of the molecule is C[C@H]([C@H](CO)NC(=O)OC(C)(C)C)C(F)(F)F. The number of alkyl carbamates (subject to hydrolysis) is 1. The van der Waals surface area contributed by atoms with Crippen LogP contribution in [0.25, 0.3) is 0 Å². The van der Waals surface area contributed by atoms with Crippen LogP contribution >= 0.6 is 0 Å². The summed E-state index contributed by atoms with van der Waals surface area (Å²) in [6, 6.07) is -1.41. The molecule has 0 unspecified atom stereocenters. The first-order valence-corrected chi connectivity index (χ1v) is 5.14. The molecule has 2 atom stereocenters. The number of carbonyl (C=O) groups is 1. The maximum Gasteiger partial charge on any atom is 0.407 e. The summed E-state index contributed by atoms with van der Waals surface area (Å²) in [6.45, 7) is 4.85. The normalized spacial score (nSPS) is 16.2. The molecule has 0 aromatic heterocycles. The van der Waals surface area contributed by atoms with Crippen molar-refractivity contribution < 1.29 is 27.8 Å². The van der Waals surface area contributed by atoms with Crippen LogP contribution in [0.5, 0.6) is 0 Å². The number of hydrogen-bond acceptors (Lipinski definition) is 3. The maximum absolute atomic E-state index is 12.4. The summed E-state index contributed by atoms with van der Waals surface area (Å²) in [7, 11) is 0. The number of hydrogen-bond donors (Lipinski definition) is 2. The number of amides is 1. The summed E-state index contributed by atoms with van der Waals surface area (Å²) in [6.07, 6.45) is -5.46. The molecule has 0 rings (SSSR count). The van der Waals surface area contributed by atoms with Crippen LogP contribution in [-0.2, 0) is 4.74 Å². The minimum atomic E-state index is -4.48. The number of halogens is 3. The molecule has 7 heteroatoms. The Labute approximate surface area is 98.1 Å². The van der Waals surface area contributed by atoms with Crippen LogP contribution in [0.3, 0.4) is 0 Å². The van der Waals surface area contributed by atoms with Crippen LogP contribution in [0.4, 0.5) is 18.0 Å². The molecule has 1 amide bonds. The van der Waals surface area contributed by atoms with Gasteiger partial charge < -0.3 is 15.2 Å². The molecule has 2 N–H and O–H groups in total. The number of rotatable bonds is 3. The molecule has 4 nitrogen and oxygen atoms in total. The van der Waals surface area contributed by atoms with E-state index >= 15 is 0 Å². The lowest BCUT2D eigenvalue weighted by atomic mass is 10.0. The Morgan fingerprint density at radius 3 is 2.12 bits per heavy atom. The Kier molecular flexibility index (Phi) is 5.25. The first kappa shape index (κ1) is 16.0. The number of aliphatic hydroxyl groups is 1. The highest BCUT2D eigenvalue weighted by Crippen LogP contribution is 2.28. The van der Waals surface area contributed by atoms with E-state index in [0.29, 0.717) is 0 Å². The van der Waals surface area contributed by atoms with E-state index in [4.69, 9.17) is 9.84 Å². The third kappa shape index (κ3) is 6.35. The molecular formula is C10H18F3NO3. The number of aliphatic hydroxyl groups excluding tert-OH is 1. The second-order valence-corrected chi connectivity index (χ2v) is 4.77. The number of nitrogens with one attached hydrogen (secondary N) is 1. The fourth-order valence-electron chi connectivity index (χ4n) is 1.02. The summed E-state index contributed by atoms with van der Waals surface area (Å²) in [5.41, 5.74) is -0.800. The number of alkyl halides is 3. The van der Waals surface area contributed by atoms with Crippen LogP contribution in [0.2, 0.25) is 0 Å². The smallest absolute Gasteiger partial charge is 0.407 e. The van der Waals surface area contributed by atoms with E-state index in [0.717, 1.165) is 6.92 Å². The molecule has 0 bridgehead atoms. The van der Waals surface area contributed by atoms with Crippen molar-refractivity contribution in [2.45, 2.75) is 45.5 Å². The van der Waals surface area contributed by atoms with Gasteiger partial charge in [-0.05, 0) is 20.8 Å². The van der Waals surface area contributed by atoms with Gasteiger partial charge >= 0.3 is 12.3 Å². The lowest BCUT2D eigenvalue weighted by Gasteiger charge is -2.27. The van der Waals surface area contributed by atoms with Gasteiger partial charge in [0.25, 0.3) is 0 Å². The Morgan fingerprint density at radius 1 is 1.35 bits per heavy atom. The Morgan fingerprint density at radius 2 is 1.82 bits per heavy atom. The topological polar surface area (TPSA) is 58.6 Å². The molecule has 0 aromatic rings. The highest BCUT2D eigenvalue weighted by molar-refractivity contribution is 5.68. The van der Waals surface area contributed by atoms with Crippen molar-refractivity contribution in [3.63, 3.8) is 0 Å². The van der Waals surface area contributed by atoms with E-state index in [2.05, 4.69) is 0 Å². The van der Waals surface area contributed by atoms with E-state index in [-0.39, 0.29) is 0 Å². The zero-order valence-corrected chi connectivity index (χ0v) is 10.3. The van der Waals surface area contributed by atoms with Gasteiger partial charge in [0.05, 0.1) is 18.6 Å². The van der Waals surface area contributed by atoms with E-state index < -0.39 is 36.4 Å². The third-order valence-electron chi connectivity index (χ3n) is 2.02. The van der Waals surface area contributed by atoms with Crippen molar-refractivity contribution in [2.75, 3.05) is 6.61 Å². The van der Waals surface area contributed by atoms with Gasteiger partial charge in [-0.1, -0.05) is 6.92 Å². The Balaban J connectivity index is 4.47. The van der Waals surface area contributed by atoms with Crippen LogP contribution < -0.4 is 5.32 Å². The molecule has 17 heavy (non-hydrogen) atoms. The summed E-state index contributed by atoms with van der Waals surface area (Å²) >= 11 is 0. The van der Waals surface area contributed by atoms with Crippen molar-refractivity contribution in [1.29, 1.82) is 0 Å². The van der Waals surface area contributed by atoms with E-state index in [1.807, 2.05) is 5.32 Å². The highest BCUT2D eigenvalue weighted by Gasteiger charge is 2.42. The summed E-state index contributed by atoms with van der Waals surface area (Å²) in [5, 5.41) is 10.8. The predicted molar refractivity (Wildman–Crippen MR) is 55.5 cm³/mol. The molecule has 0 aromatic carbocycles. The quantitative estimate of drug-likeness (QED) is 0.813. The fourth-order valence-corrected chi connectivity index (χ4v) is 1.02. The summed E-state index contributed by atoms with van der Waals surface area (Å²) < 4.78 is 41.9. The van der Waals surface area contributed by atoms with Gasteiger partial charge in [-0.2, -0.15) is 13.2 Å². The van der Waals surface area contributed by atoms with Gasteiger partial charge in [0.15, 0.2) is 0 Å².